The number of ether oxygens (including phenoxy) is 1. The molecule has 0 unspecified atom stereocenters. The molecule has 1 aliphatic carbocycles. The van der Waals surface area contributed by atoms with Gasteiger partial charge < -0.3 is 14.2 Å². The molecule has 1 saturated heterocycles. The summed E-state index contributed by atoms with van der Waals surface area (Å²) < 4.78 is 21.1. The van der Waals surface area contributed by atoms with Crippen LogP contribution in [0, 0.1) is 5.41 Å². The van der Waals surface area contributed by atoms with Crippen LogP contribution in [0.5, 0.6) is 0 Å². The lowest BCUT2D eigenvalue weighted by Gasteiger charge is -2.43. The summed E-state index contributed by atoms with van der Waals surface area (Å²) in [5, 5.41) is 0. The number of hydrogen-bond acceptors (Lipinski definition) is 4. The van der Waals surface area contributed by atoms with Crippen molar-refractivity contribution in [2.24, 2.45) is 5.41 Å². The Morgan fingerprint density at radius 1 is 1.17 bits per heavy atom. The molecule has 1 heterocycles. The van der Waals surface area contributed by atoms with Gasteiger partial charge in [0.15, 0.2) is 0 Å². The molecule has 1 aliphatic heterocycles. The number of carbonyl (C=O) groups is 1. The topological polar surface area (TPSA) is 64.6 Å². The molecule has 0 bridgehead atoms. The maximum absolute atomic E-state index is 12.5. The zero-order chi connectivity index (χ0) is 18.2. The van der Waals surface area contributed by atoms with E-state index in [0.29, 0.717) is 6.04 Å². The van der Waals surface area contributed by atoms with Crippen LogP contribution in [-0.4, -0.2) is 45.0 Å². The number of likely N-dealkylation sites (tertiary alicyclic amines) is 1. The van der Waals surface area contributed by atoms with Crippen LogP contribution in [-0.2, 0) is 16.1 Å². The first-order valence-electron chi connectivity index (χ1n) is 9.09. The Bertz CT molecular complexity index is 448. The van der Waals surface area contributed by atoms with Crippen LogP contribution in [0.1, 0.15) is 73.6 Å². The molecule has 1 N–H and O–H groups in total. The molecule has 2 aliphatic rings. The maximum Gasteiger partial charge on any atom is 0.410 e. The third kappa shape index (κ3) is 4.79. The van der Waals surface area contributed by atoms with Gasteiger partial charge in [-0.2, -0.15) is 0 Å². The van der Waals surface area contributed by atoms with Gasteiger partial charge in [0.1, 0.15) is 10.3 Å². The van der Waals surface area contributed by atoms with E-state index in [2.05, 4.69) is 4.72 Å². The standard InChI is InChI=1S/C18H34N2O3S/c1-16(2,3)23-15(21)20-12-10-18(11-13-20)9-7-8-14(18)19-24(22)17(4,5)6/h14,19H,7-13H2,1-6H3/t14-,24-/m1/s1. The van der Waals surface area contributed by atoms with Crippen LogP contribution < -0.4 is 4.72 Å². The van der Waals surface area contributed by atoms with E-state index in [1.54, 1.807) is 0 Å². The second kappa shape index (κ2) is 7.04. The van der Waals surface area contributed by atoms with Gasteiger partial charge >= 0.3 is 6.09 Å². The highest BCUT2D eigenvalue weighted by atomic mass is 32.2. The van der Waals surface area contributed by atoms with Crippen LogP contribution in [0.3, 0.4) is 0 Å². The molecule has 5 nitrogen and oxygen atoms in total. The molecule has 1 amide bonds. The Labute approximate surface area is 150 Å². The molecular weight excluding hydrogens is 324 g/mol. The van der Waals surface area contributed by atoms with Crippen LogP contribution >= 0.6 is 0 Å². The number of hydrogen-bond donors (Lipinski definition) is 1. The summed E-state index contributed by atoms with van der Waals surface area (Å²) in [4.78, 5) is 14.1. The van der Waals surface area contributed by atoms with E-state index < -0.39 is 17.0 Å². The average molecular weight is 359 g/mol. The van der Waals surface area contributed by atoms with Crippen molar-refractivity contribution in [3.8, 4) is 0 Å². The SMILES string of the molecule is CC(C)(C)OC(=O)N1CCC2(CCC[C@H]2N[S@+]([O-])C(C)(C)C)CC1. The number of nitrogens with zero attached hydrogens (tertiary/aromatic N) is 1. The Morgan fingerprint density at radius 3 is 2.25 bits per heavy atom. The molecule has 6 heteroatoms. The Balaban J connectivity index is 1.94. The van der Waals surface area contributed by atoms with Crippen molar-refractivity contribution in [1.82, 2.24) is 9.62 Å². The van der Waals surface area contributed by atoms with Crippen molar-refractivity contribution in [2.75, 3.05) is 13.1 Å². The van der Waals surface area contributed by atoms with Gasteiger partial charge in [-0.1, -0.05) is 6.42 Å². The van der Waals surface area contributed by atoms with E-state index in [9.17, 15) is 9.35 Å². The minimum Gasteiger partial charge on any atom is -0.598 e. The molecule has 0 aromatic rings. The van der Waals surface area contributed by atoms with Crippen LogP contribution in [0.25, 0.3) is 0 Å². The number of rotatable bonds is 2. The zero-order valence-corrected chi connectivity index (χ0v) is 16.9. The second-order valence-electron chi connectivity index (χ2n) is 9.27. The van der Waals surface area contributed by atoms with Crippen LogP contribution in [0.4, 0.5) is 4.79 Å². The lowest BCUT2D eigenvalue weighted by Crippen LogP contribution is -2.54. The number of piperidine rings is 1. The molecule has 2 fully saturated rings. The fourth-order valence-corrected chi connectivity index (χ4v) is 4.67. The molecular formula is C18H34N2O3S. The van der Waals surface area contributed by atoms with Gasteiger partial charge in [0.2, 0.25) is 0 Å². The van der Waals surface area contributed by atoms with Crippen molar-refractivity contribution in [3.05, 3.63) is 0 Å². The van der Waals surface area contributed by atoms with Gasteiger partial charge in [0.05, 0.1) is 6.04 Å². The predicted octanol–water partition coefficient (Wildman–Crippen LogP) is 3.61. The molecule has 0 aromatic heterocycles. The summed E-state index contributed by atoms with van der Waals surface area (Å²) in [6.45, 7) is 13.2. The lowest BCUT2D eigenvalue weighted by molar-refractivity contribution is 0.00818. The van der Waals surface area contributed by atoms with Crippen molar-refractivity contribution in [3.63, 3.8) is 0 Å². The molecule has 24 heavy (non-hydrogen) atoms. The number of carbonyl (C=O) groups excluding carboxylic acids is 1. The lowest BCUT2D eigenvalue weighted by atomic mass is 9.74. The molecule has 2 atom stereocenters. The summed E-state index contributed by atoms with van der Waals surface area (Å²) in [5.41, 5.74) is -0.271. The van der Waals surface area contributed by atoms with Gasteiger partial charge in [-0.25, -0.2) is 4.79 Å². The van der Waals surface area contributed by atoms with Gasteiger partial charge in [-0.15, -0.1) is 4.72 Å². The van der Waals surface area contributed by atoms with Crippen molar-refractivity contribution in [2.45, 2.75) is 90.0 Å². The fourth-order valence-electron chi connectivity index (χ4n) is 3.69. The molecule has 2 rings (SSSR count). The fraction of sp³-hybridized carbons (Fsp3) is 0.944. The van der Waals surface area contributed by atoms with Gasteiger partial charge in [-0.05, 0) is 72.6 Å². The maximum atomic E-state index is 12.5. The summed E-state index contributed by atoms with van der Waals surface area (Å²) in [6.07, 6.45) is 5.13. The number of nitrogens with one attached hydrogen (secondary N) is 1. The number of amides is 1. The first-order chi connectivity index (χ1) is 10.9. The normalized spacial score (nSPS) is 25.8. The van der Waals surface area contributed by atoms with Gasteiger partial charge in [0.25, 0.3) is 0 Å². The molecule has 1 saturated carbocycles. The second-order valence-corrected chi connectivity index (χ2v) is 11.3. The van der Waals surface area contributed by atoms with E-state index in [4.69, 9.17) is 4.74 Å². The van der Waals surface area contributed by atoms with Gasteiger partial charge in [-0.3, -0.25) is 0 Å². The third-order valence-corrected chi connectivity index (χ3v) is 6.73. The van der Waals surface area contributed by atoms with E-state index in [-0.39, 0.29) is 16.3 Å². The minimum absolute atomic E-state index is 0.180. The van der Waals surface area contributed by atoms with E-state index in [0.717, 1.165) is 38.8 Å². The smallest absolute Gasteiger partial charge is 0.410 e. The van der Waals surface area contributed by atoms with E-state index in [1.807, 2.05) is 46.4 Å². The monoisotopic (exact) mass is 358 g/mol. The van der Waals surface area contributed by atoms with E-state index in [1.165, 1.54) is 6.42 Å². The first kappa shape index (κ1) is 19.9. The highest BCUT2D eigenvalue weighted by molar-refractivity contribution is 7.90. The quantitative estimate of drug-likeness (QED) is 0.766. The third-order valence-electron chi connectivity index (χ3n) is 5.12. The van der Waals surface area contributed by atoms with E-state index >= 15 is 0 Å². The molecule has 140 valence electrons. The van der Waals surface area contributed by atoms with Crippen molar-refractivity contribution < 1.29 is 14.1 Å². The average Bonchev–Trinajstić information content (AvgIpc) is 2.79. The highest BCUT2D eigenvalue weighted by Gasteiger charge is 2.48. The molecule has 0 aromatic carbocycles. The van der Waals surface area contributed by atoms with Crippen molar-refractivity contribution >= 4 is 17.5 Å². The largest absolute Gasteiger partial charge is 0.598 e. The van der Waals surface area contributed by atoms with Crippen molar-refractivity contribution in [1.29, 1.82) is 0 Å². The summed E-state index contributed by atoms with van der Waals surface area (Å²) in [6, 6.07) is 0.290. The summed E-state index contributed by atoms with van der Waals surface area (Å²) in [7, 11) is 0. The minimum atomic E-state index is -1.04. The van der Waals surface area contributed by atoms with Gasteiger partial charge in [0, 0.05) is 24.5 Å². The Morgan fingerprint density at radius 2 is 1.75 bits per heavy atom. The van der Waals surface area contributed by atoms with Crippen LogP contribution in [0.15, 0.2) is 0 Å². The van der Waals surface area contributed by atoms with Crippen LogP contribution in [0.2, 0.25) is 0 Å². The Kier molecular flexibility index (Phi) is 5.83. The Hall–Kier alpha value is -0.460. The predicted molar refractivity (Wildman–Crippen MR) is 98.1 cm³/mol. The molecule has 1 spiro atoms. The first-order valence-corrected chi connectivity index (χ1v) is 10.2. The zero-order valence-electron chi connectivity index (χ0n) is 16.1. The molecule has 0 radical (unpaired) electrons. The summed E-state index contributed by atoms with van der Waals surface area (Å²) >= 11 is -1.04. The highest BCUT2D eigenvalue weighted by Crippen LogP contribution is 2.47. The summed E-state index contributed by atoms with van der Waals surface area (Å²) in [5.74, 6) is 0.